The fourth-order valence-corrected chi connectivity index (χ4v) is 2.34. The Morgan fingerprint density at radius 2 is 2.30 bits per heavy atom. The highest BCUT2D eigenvalue weighted by Crippen LogP contribution is 2.19. The maximum absolute atomic E-state index is 12.1. The van der Waals surface area contributed by atoms with Crippen molar-refractivity contribution in [3.63, 3.8) is 0 Å². The maximum Gasteiger partial charge on any atom is 0.261 e. The van der Waals surface area contributed by atoms with Crippen LogP contribution in [0.2, 0.25) is 0 Å². The van der Waals surface area contributed by atoms with Crippen LogP contribution in [0, 0.1) is 0 Å². The number of nitrogens with two attached hydrogens (primary N) is 1. The van der Waals surface area contributed by atoms with Gasteiger partial charge < -0.3 is 20.7 Å². The number of rotatable bonds is 4. The molecule has 3 N–H and O–H groups in total. The summed E-state index contributed by atoms with van der Waals surface area (Å²) in [5.41, 5.74) is 6.22. The standard InChI is InChI=1S/C14H19N3O3/c1-16-14(19)12-6-3-7-17(12)13(18)9-20-11-5-2-4-10(15)8-11/h2,4-5,8,12H,3,6-7,9,15H2,1H3,(H,16,19). The second kappa shape index (κ2) is 6.27. The lowest BCUT2D eigenvalue weighted by Crippen LogP contribution is -2.46. The van der Waals surface area contributed by atoms with Gasteiger partial charge in [0.05, 0.1) is 0 Å². The summed E-state index contributed by atoms with van der Waals surface area (Å²) in [4.78, 5) is 25.4. The minimum atomic E-state index is -0.378. The van der Waals surface area contributed by atoms with Crippen LogP contribution in [0.25, 0.3) is 0 Å². The molecule has 1 saturated heterocycles. The number of carbonyl (C=O) groups excluding carboxylic acids is 2. The van der Waals surface area contributed by atoms with Crippen LogP contribution in [0.4, 0.5) is 5.69 Å². The van der Waals surface area contributed by atoms with Crippen molar-refractivity contribution in [3.05, 3.63) is 24.3 Å². The van der Waals surface area contributed by atoms with Crippen molar-refractivity contribution in [1.29, 1.82) is 0 Å². The molecule has 1 fully saturated rings. The average molecular weight is 277 g/mol. The van der Waals surface area contributed by atoms with Gasteiger partial charge in [0, 0.05) is 25.3 Å². The number of likely N-dealkylation sites (tertiary alicyclic amines) is 1. The van der Waals surface area contributed by atoms with Crippen LogP contribution < -0.4 is 15.8 Å². The zero-order chi connectivity index (χ0) is 14.5. The van der Waals surface area contributed by atoms with E-state index in [-0.39, 0.29) is 24.5 Å². The van der Waals surface area contributed by atoms with Crippen molar-refractivity contribution in [2.75, 3.05) is 25.9 Å². The van der Waals surface area contributed by atoms with Crippen LogP contribution >= 0.6 is 0 Å². The van der Waals surface area contributed by atoms with Gasteiger partial charge in [-0.25, -0.2) is 0 Å². The highest BCUT2D eigenvalue weighted by Gasteiger charge is 2.33. The minimum absolute atomic E-state index is 0.0864. The molecule has 0 radical (unpaired) electrons. The Balaban J connectivity index is 1.93. The van der Waals surface area contributed by atoms with Crippen LogP contribution in [-0.2, 0) is 9.59 Å². The van der Waals surface area contributed by atoms with Crippen LogP contribution in [0.15, 0.2) is 24.3 Å². The van der Waals surface area contributed by atoms with E-state index in [1.165, 1.54) is 0 Å². The van der Waals surface area contributed by atoms with Crippen molar-refractivity contribution in [2.45, 2.75) is 18.9 Å². The molecule has 2 rings (SSSR count). The lowest BCUT2D eigenvalue weighted by molar-refractivity contribution is -0.139. The zero-order valence-corrected chi connectivity index (χ0v) is 11.5. The first-order chi connectivity index (χ1) is 9.61. The molecule has 1 aromatic carbocycles. The van der Waals surface area contributed by atoms with Crippen molar-refractivity contribution in [3.8, 4) is 5.75 Å². The van der Waals surface area contributed by atoms with Crippen molar-refractivity contribution >= 4 is 17.5 Å². The topological polar surface area (TPSA) is 84.7 Å². The third kappa shape index (κ3) is 3.20. The zero-order valence-electron chi connectivity index (χ0n) is 11.5. The monoisotopic (exact) mass is 277 g/mol. The van der Waals surface area contributed by atoms with Gasteiger partial charge in [-0.15, -0.1) is 0 Å². The fourth-order valence-electron chi connectivity index (χ4n) is 2.34. The van der Waals surface area contributed by atoms with Crippen LogP contribution in [0.1, 0.15) is 12.8 Å². The van der Waals surface area contributed by atoms with Gasteiger partial charge in [-0.2, -0.15) is 0 Å². The summed E-state index contributed by atoms with van der Waals surface area (Å²) in [6, 6.07) is 6.53. The van der Waals surface area contributed by atoms with E-state index in [1.54, 1.807) is 36.2 Å². The number of anilines is 1. The normalized spacial score (nSPS) is 17.9. The molecule has 6 heteroatoms. The number of ether oxygens (including phenoxy) is 1. The summed E-state index contributed by atoms with van der Waals surface area (Å²) in [7, 11) is 1.58. The molecule has 0 aliphatic carbocycles. The molecular formula is C14H19N3O3. The molecule has 1 aliphatic heterocycles. The second-order valence-electron chi connectivity index (χ2n) is 4.72. The summed E-state index contributed by atoms with van der Waals surface area (Å²) in [5.74, 6) is 0.243. The van der Waals surface area contributed by atoms with Gasteiger partial charge in [-0.1, -0.05) is 6.07 Å². The lowest BCUT2D eigenvalue weighted by atomic mass is 10.2. The summed E-state index contributed by atoms with van der Waals surface area (Å²) in [6.45, 7) is 0.508. The number of nitrogen functional groups attached to an aromatic ring is 1. The maximum atomic E-state index is 12.1. The van der Waals surface area contributed by atoms with Gasteiger partial charge in [-0.3, -0.25) is 9.59 Å². The predicted molar refractivity (Wildman–Crippen MR) is 75.2 cm³/mol. The van der Waals surface area contributed by atoms with E-state index in [2.05, 4.69) is 5.32 Å². The molecule has 20 heavy (non-hydrogen) atoms. The molecule has 6 nitrogen and oxygen atoms in total. The van der Waals surface area contributed by atoms with E-state index in [1.807, 2.05) is 0 Å². The molecule has 2 amide bonds. The van der Waals surface area contributed by atoms with E-state index in [0.717, 1.165) is 6.42 Å². The Morgan fingerprint density at radius 1 is 1.50 bits per heavy atom. The average Bonchev–Trinajstić information content (AvgIpc) is 2.93. The lowest BCUT2D eigenvalue weighted by Gasteiger charge is -2.23. The summed E-state index contributed by atoms with van der Waals surface area (Å²) >= 11 is 0. The van der Waals surface area contributed by atoms with Gasteiger partial charge in [0.2, 0.25) is 5.91 Å². The van der Waals surface area contributed by atoms with Crippen LogP contribution in [-0.4, -0.2) is 43.0 Å². The molecule has 1 unspecified atom stereocenters. The fraction of sp³-hybridized carbons (Fsp3) is 0.429. The third-order valence-electron chi connectivity index (χ3n) is 3.34. The third-order valence-corrected chi connectivity index (χ3v) is 3.34. The molecule has 0 bridgehead atoms. The SMILES string of the molecule is CNC(=O)C1CCCN1C(=O)COc1cccc(N)c1. The summed E-state index contributed by atoms with van der Waals surface area (Å²) in [6.07, 6.45) is 1.53. The second-order valence-corrected chi connectivity index (χ2v) is 4.72. The quantitative estimate of drug-likeness (QED) is 0.779. The first-order valence-corrected chi connectivity index (χ1v) is 6.61. The van der Waals surface area contributed by atoms with E-state index < -0.39 is 0 Å². The predicted octanol–water partition coefficient (Wildman–Crippen LogP) is 0.385. The van der Waals surface area contributed by atoms with Crippen LogP contribution in [0.3, 0.4) is 0 Å². The number of likely N-dealkylation sites (N-methyl/N-ethyl adjacent to an activating group) is 1. The van der Waals surface area contributed by atoms with E-state index in [9.17, 15) is 9.59 Å². The molecule has 1 heterocycles. The van der Waals surface area contributed by atoms with Gasteiger partial charge in [-0.05, 0) is 25.0 Å². The Labute approximate surface area is 117 Å². The molecule has 1 atom stereocenters. The van der Waals surface area contributed by atoms with Gasteiger partial charge >= 0.3 is 0 Å². The highest BCUT2D eigenvalue weighted by molar-refractivity contribution is 5.88. The first-order valence-electron chi connectivity index (χ1n) is 6.61. The molecule has 108 valence electrons. The largest absolute Gasteiger partial charge is 0.484 e. The first kappa shape index (κ1) is 14.2. The number of amides is 2. The van der Waals surface area contributed by atoms with E-state index in [0.29, 0.717) is 24.4 Å². The Kier molecular flexibility index (Phi) is 4.45. The Morgan fingerprint density at radius 3 is 3.00 bits per heavy atom. The molecule has 0 aromatic heterocycles. The van der Waals surface area contributed by atoms with Crippen molar-refractivity contribution in [1.82, 2.24) is 10.2 Å². The summed E-state index contributed by atoms with van der Waals surface area (Å²) in [5, 5.41) is 2.58. The number of carbonyl (C=O) groups is 2. The van der Waals surface area contributed by atoms with E-state index in [4.69, 9.17) is 10.5 Å². The number of hydrogen-bond acceptors (Lipinski definition) is 4. The number of benzene rings is 1. The molecule has 1 aromatic rings. The Bertz CT molecular complexity index is 504. The highest BCUT2D eigenvalue weighted by atomic mass is 16.5. The molecule has 0 spiro atoms. The van der Waals surface area contributed by atoms with Crippen molar-refractivity contribution < 1.29 is 14.3 Å². The number of hydrogen-bond donors (Lipinski definition) is 2. The molecular weight excluding hydrogens is 258 g/mol. The summed E-state index contributed by atoms with van der Waals surface area (Å²) < 4.78 is 5.42. The molecule has 0 saturated carbocycles. The Hall–Kier alpha value is -2.24. The minimum Gasteiger partial charge on any atom is -0.484 e. The van der Waals surface area contributed by atoms with Gasteiger partial charge in [0.1, 0.15) is 11.8 Å². The van der Waals surface area contributed by atoms with Gasteiger partial charge in [0.15, 0.2) is 6.61 Å². The number of nitrogens with one attached hydrogen (secondary N) is 1. The van der Waals surface area contributed by atoms with Crippen LogP contribution in [0.5, 0.6) is 5.75 Å². The van der Waals surface area contributed by atoms with E-state index >= 15 is 0 Å². The van der Waals surface area contributed by atoms with Crippen molar-refractivity contribution in [2.24, 2.45) is 0 Å². The van der Waals surface area contributed by atoms with Gasteiger partial charge in [0.25, 0.3) is 5.91 Å². The molecule has 1 aliphatic rings. The smallest absolute Gasteiger partial charge is 0.261 e. The number of nitrogens with zero attached hydrogens (tertiary/aromatic N) is 1.